The van der Waals surface area contributed by atoms with Crippen molar-refractivity contribution >= 4 is 23.5 Å². The number of hydrogen-bond acceptors (Lipinski definition) is 3. The van der Waals surface area contributed by atoms with Crippen LogP contribution < -0.4 is 4.74 Å². The van der Waals surface area contributed by atoms with Crippen molar-refractivity contribution in [2.75, 3.05) is 19.7 Å². The molecular weight excluding hydrogens is 282 g/mol. The lowest BCUT2D eigenvalue weighted by atomic mass is 10.1. The molecule has 0 spiro atoms. The van der Waals surface area contributed by atoms with E-state index in [1.807, 2.05) is 0 Å². The van der Waals surface area contributed by atoms with Crippen molar-refractivity contribution in [1.82, 2.24) is 4.90 Å². The van der Waals surface area contributed by atoms with Gasteiger partial charge >= 0.3 is 5.97 Å². The Labute approximate surface area is 122 Å². The summed E-state index contributed by atoms with van der Waals surface area (Å²) in [5, 5.41) is 9.10. The quantitative estimate of drug-likeness (QED) is 0.927. The number of benzene rings is 1. The minimum atomic E-state index is -1.12. The first kappa shape index (κ1) is 14.7. The van der Waals surface area contributed by atoms with Crippen molar-refractivity contribution in [3.63, 3.8) is 0 Å². The van der Waals surface area contributed by atoms with Crippen molar-refractivity contribution in [2.45, 2.75) is 19.3 Å². The van der Waals surface area contributed by atoms with Gasteiger partial charge in [-0.1, -0.05) is 11.6 Å². The maximum Gasteiger partial charge on any atom is 0.337 e. The second-order valence-electron chi connectivity index (χ2n) is 4.68. The Kier molecular flexibility index (Phi) is 4.84. The highest BCUT2D eigenvalue weighted by Gasteiger charge is 2.17. The van der Waals surface area contributed by atoms with Gasteiger partial charge in [0.2, 0.25) is 0 Å². The Bertz CT molecular complexity index is 512. The molecule has 1 N–H and O–H groups in total. The third-order valence-electron chi connectivity index (χ3n) is 3.24. The average molecular weight is 298 g/mol. The van der Waals surface area contributed by atoms with Crippen LogP contribution in [-0.4, -0.2) is 41.6 Å². The molecule has 0 atom stereocenters. The van der Waals surface area contributed by atoms with Crippen LogP contribution in [0.25, 0.3) is 0 Å². The molecule has 0 saturated carbocycles. The number of nitrogens with zero attached hydrogens (tertiary/aromatic N) is 1. The topological polar surface area (TPSA) is 66.8 Å². The van der Waals surface area contributed by atoms with E-state index in [9.17, 15) is 9.59 Å². The molecule has 1 aliphatic rings. The van der Waals surface area contributed by atoms with E-state index in [0.29, 0.717) is 5.75 Å². The van der Waals surface area contributed by atoms with Gasteiger partial charge in [-0.15, -0.1) is 0 Å². The molecule has 1 aromatic carbocycles. The van der Waals surface area contributed by atoms with Gasteiger partial charge in [-0.25, -0.2) is 4.79 Å². The van der Waals surface area contributed by atoms with Crippen LogP contribution in [0.15, 0.2) is 18.2 Å². The van der Waals surface area contributed by atoms with Crippen LogP contribution in [0.4, 0.5) is 0 Å². The van der Waals surface area contributed by atoms with Gasteiger partial charge < -0.3 is 14.7 Å². The first-order chi connectivity index (χ1) is 9.58. The van der Waals surface area contributed by atoms with E-state index in [2.05, 4.69) is 0 Å². The number of aromatic carboxylic acids is 1. The summed E-state index contributed by atoms with van der Waals surface area (Å²) in [5.41, 5.74) is -0.0328. The van der Waals surface area contributed by atoms with Crippen LogP contribution >= 0.6 is 11.6 Å². The number of hydrogen-bond donors (Lipinski definition) is 1. The molecule has 1 aromatic rings. The second-order valence-corrected chi connectivity index (χ2v) is 5.08. The minimum Gasteiger partial charge on any atom is -0.484 e. The van der Waals surface area contributed by atoms with E-state index in [4.69, 9.17) is 21.4 Å². The van der Waals surface area contributed by atoms with Crippen molar-refractivity contribution in [3.05, 3.63) is 28.8 Å². The third-order valence-corrected chi connectivity index (χ3v) is 3.57. The predicted molar refractivity (Wildman–Crippen MR) is 74.3 cm³/mol. The molecule has 1 amide bonds. The van der Waals surface area contributed by atoms with Gasteiger partial charge in [-0.2, -0.15) is 0 Å². The molecule has 0 aromatic heterocycles. The molecule has 20 heavy (non-hydrogen) atoms. The van der Waals surface area contributed by atoms with E-state index >= 15 is 0 Å². The number of halogens is 1. The zero-order valence-corrected chi connectivity index (χ0v) is 11.7. The maximum absolute atomic E-state index is 11.9. The molecule has 1 heterocycles. The first-order valence-corrected chi connectivity index (χ1v) is 6.89. The zero-order chi connectivity index (χ0) is 14.5. The third kappa shape index (κ3) is 3.63. The Morgan fingerprint density at radius 1 is 1.25 bits per heavy atom. The summed E-state index contributed by atoms with van der Waals surface area (Å²) in [7, 11) is 0. The highest BCUT2D eigenvalue weighted by atomic mass is 35.5. The fourth-order valence-electron chi connectivity index (χ4n) is 2.14. The molecule has 0 bridgehead atoms. The molecule has 5 nitrogen and oxygen atoms in total. The van der Waals surface area contributed by atoms with E-state index in [0.717, 1.165) is 32.4 Å². The molecule has 1 saturated heterocycles. The van der Waals surface area contributed by atoms with E-state index in [-0.39, 0.29) is 23.1 Å². The molecule has 0 aliphatic carbocycles. The van der Waals surface area contributed by atoms with Gasteiger partial charge in [0.05, 0.1) is 10.6 Å². The highest BCUT2D eigenvalue weighted by molar-refractivity contribution is 6.33. The zero-order valence-electron chi connectivity index (χ0n) is 11.0. The number of ether oxygens (including phenoxy) is 1. The molecule has 0 unspecified atom stereocenters. The summed E-state index contributed by atoms with van der Waals surface area (Å²) in [6.07, 6.45) is 3.20. The monoisotopic (exact) mass is 297 g/mol. The van der Waals surface area contributed by atoms with E-state index in [1.54, 1.807) is 11.0 Å². The smallest absolute Gasteiger partial charge is 0.337 e. The molecular formula is C14H16ClNO4. The summed E-state index contributed by atoms with van der Waals surface area (Å²) in [4.78, 5) is 24.6. The standard InChI is InChI=1S/C14H16ClNO4/c15-12-5-4-10(8-11(12)14(18)19)20-9-13(17)16-6-2-1-3-7-16/h4-5,8H,1-3,6-7,9H2,(H,18,19). The molecule has 108 valence electrons. The summed E-state index contributed by atoms with van der Waals surface area (Å²) >= 11 is 5.76. The van der Waals surface area contributed by atoms with Gasteiger partial charge in [-0.3, -0.25) is 4.79 Å². The lowest BCUT2D eigenvalue weighted by Crippen LogP contribution is -2.38. The van der Waals surface area contributed by atoms with E-state index < -0.39 is 5.97 Å². The number of amides is 1. The summed E-state index contributed by atoms with van der Waals surface area (Å²) < 4.78 is 5.35. The normalized spacial score (nSPS) is 14.9. The number of rotatable bonds is 4. The van der Waals surface area contributed by atoms with Crippen LogP contribution in [0.3, 0.4) is 0 Å². The maximum atomic E-state index is 11.9. The summed E-state index contributed by atoms with van der Waals surface area (Å²) in [5.74, 6) is -0.864. The second kappa shape index (κ2) is 6.61. The largest absolute Gasteiger partial charge is 0.484 e. The van der Waals surface area contributed by atoms with Gasteiger partial charge in [0.1, 0.15) is 5.75 Å². The minimum absolute atomic E-state index is 0.0328. The lowest BCUT2D eigenvalue weighted by Gasteiger charge is -2.26. The molecule has 1 fully saturated rings. The van der Waals surface area contributed by atoms with Crippen molar-refractivity contribution in [2.24, 2.45) is 0 Å². The Morgan fingerprint density at radius 3 is 2.60 bits per heavy atom. The molecule has 0 radical (unpaired) electrons. The van der Waals surface area contributed by atoms with Gasteiger partial charge in [-0.05, 0) is 37.5 Å². The average Bonchev–Trinajstić information content (AvgIpc) is 2.46. The van der Waals surface area contributed by atoms with Crippen LogP contribution in [0.2, 0.25) is 5.02 Å². The van der Waals surface area contributed by atoms with Crippen LogP contribution in [0.5, 0.6) is 5.75 Å². The van der Waals surface area contributed by atoms with Crippen molar-refractivity contribution in [1.29, 1.82) is 0 Å². The van der Waals surface area contributed by atoms with Gasteiger partial charge in [0.25, 0.3) is 5.91 Å². The van der Waals surface area contributed by atoms with Crippen molar-refractivity contribution < 1.29 is 19.4 Å². The lowest BCUT2D eigenvalue weighted by molar-refractivity contribution is -0.134. The SMILES string of the molecule is O=C(O)c1cc(OCC(=O)N2CCCCC2)ccc1Cl. The summed E-state index contributed by atoms with van der Waals surface area (Å²) in [6, 6.07) is 4.33. The van der Waals surface area contributed by atoms with Crippen molar-refractivity contribution in [3.8, 4) is 5.75 Å². The number of carboxylic acids is 1. The summed E-state index contributed by atoms with van der Waals surface area (Å²) in [6.45, 7) is 1.45. The van der Waals surface area contributed by atoms with Crippen LogP contribution in [0.1, 0.15) is 29.6 Å². The molecule has 6 heteroatoms. The molecule has 1 aliphatic heterocycles. The number of piperidine rings is 1. The van der Waals surface area contributed by atoms with Gasteiger partial charge in [0.15, 0.2) is 6.61 Å². The number of carboxylic acid groups (broad SMARTS) is 1. The highest BCUT2D eigenvalue weighted by Crippen LogP contribution is 2.22. The molecule has 2 rings (SSSR count). The van der Waals surface area contributed by atoms with E-state index in [1.165, 1.54) is 12.1 Å². The fraction of sp³-hybridized carbons (Fsp3) is 0.429. The van der Waals surface area contributed by atoms with Crippen LogP contribution in [-0.2, 0) is 4.79 Å². The number of carbonyl (C=O) groups is 2. The number of likely N-dealkylation sites (tertiary alicyclic amines) is 1. The Balaban J connectivity index is 1.95. The van der Waals surface area contributed by atoms with Crippen LogP contribution in [0, 0.1) is 0 Å². The first-order valence-electron chi connectivity index (χ1n) is 6.51. The Hall–Kier alpha value is -1.75. The fourth-order valence-corrected chi connectivity index (χ4v) is 2.34. The predicted octanol–water partition coefficient (Wildman–Crippen LogP) is 2.43. The number of carbonyl (C=O) groups excluding carboxylic acids is 1. The van der Waals surface area contributed by atoms with Gasteiger partial charge in [0, 0.05) is 13.1 Å². The Morgan fingerprint density at radius 2 is 1.95 bits per heavy atom.